The molecule has 0 saturated carbocycles. The molecule has 0 atom stereocenters. The van der Waals surface area contributed by atoms with Crippen molar-refractivity contribution in [2.24, 2.45) is 0 Å². The molecule has 0 radical (unpaired) electrons. The maximum atomic E-state index is 13.8. The second-order valence-corrected chi connectivity index (χ2v) is 6.88. The standard InChI is InChI=1S/C23H14F2N2O4/c24-14-6-4-13(5-7-14)20-21(26-16-8-9-18-19(11-16)31-12-30-18)23(29)27(22(20)28)17-3-1-2-15(25)10-17/h1-11,26H,12H2. The molecule has 1 N–H and O–H groups in total. The van der Waals surface area contributed by atoms with Gasteiger partial charge in [-0.1, -0.05) is 18.2 Å². The Bertz CT molecular complexity index is 1250. The topological polar surface area (TPSA) is 67.9 Å². The number of hydrogen-bond acceptors (Lipinski definition) is 5. The number of nitrogens with zero attached hydrogens (tertiary/aromatic N) is 1. The molecule has 0 aliphatic carbocycles. The van der Waals surface area contributed by atoms with Gasteiger partial charge in [-0.2, -0.15) is 0 Å². The summed E-state index contributed by atoms with van der Waals surface area (Å²) < 4.78 is 37.9. The molecule has 0 bridgehead atoms. The SMILES string of the molecule is O=C1C(Nc2ccc3c(c2)OCO3)=C(c2ccc(F)cc2)C(=O)N1c1cccc(F)c1. The highest BCUT2D eigenvalue weighted by Crippen LogP contribution is 2.37. The Morgan fingerprint density at radius 3 is 2.35 bits per heavy atom. The minimum absolute atomic E-state index is 0.0141. The lowest BCUT2D eigenvalue weighted by atomic mass is 10.0. The molecule has 0 spiro atoms. The van der Waals surface area contributed by atoms with E-state index in [0.29, 0.717) is 22.7 Å². The molecular formula is C23H14F2N2O4. The molecular weight excluding hydrogens is 406 g/mol. The van der Waals surface area contributed by atoms with Crippen LogP contribution in [-0.2, 0) is 9.59 Å². The van der Waals surface area contributed by atoms with Crippen molar-refractivity contribution in [3.63, 3.8) is 0 Å². The maximum Gasteiger partial charge on any atom is 0.282 e. The van der Waals surface area contributed by atoms with Gasteiger partial charge in [-0.15, -0.1) is 0 Å². The molecule has 2 aliphatic heterocycles. The number of nitrogens with one attached hydrogen (secondary N) is 1. The largest absolute Gasteiger partial charge is 0.454 e. The predicted octanol–water partition coefficient (Wildman–Crippen LogP) is 4.09. The first kappa shape index (κ1) is 18.8. The van der Waals surface area contributed by atoms with E-state index in [2.05, 4.69) is 5.32 Å². The van der Waals surface area contributed by atoms with Crippen LogP contribution in [-0.4, -0.2) is 18.6 Å². The van der Waals surface area contributed by atoms with Crippen molar-refractivity contribution in [3.05, 3.63) is 89.6 Å². The van der Waals surface area contributed by atoms with Crippen molar-refractivity contribution >= 4 is 28.8 Å². The fraction of sp³-hybridized carbons (Fsp3) is 0.0435. The number of ether oxygens (including phenoxy) is 2. The number of hydrogen-bond donors (Lipinski definition) is 1. The smallest absolute Gasteiger partial charge is 0.282 e. The van der Waals surface area contributed by atoms with Crippen LogP contribution in [0.25, 0.3) is 5.57 Å². The molecule has 154 valence electrons. The van der Waals surface area contributed by atoms with Crippen molar-refractivity contribution in [2.45, 2.75) is 0 Å². The van der Waals surface area contributed by atoms with Gasteiger partial charge in [0.2, 0.25) is 6.79 Å². The van der Waals surface area contributed by atoms with Crippen LogP contribution in [0.1, 0.15) is 5.56 Å². The number of imide groups is 1. The van der Waals surface area contributed by atoms with Gasteiger partial charge in [-0.3, -0.25) is 9.59 Å². The predicted molar refractivity (Wildman–Crippen MR) is 108 cm³/mol. The number of fused-ring (bicyclic) bond motifs is 1. The van der Waals surface area contributed by atoms with E-state index in [-0.39, 0.29) is 23.8 Å². The van der Waals surface area contributed by atoms with E-state index in [0.717, 1.165) is 11.0 Å². The molecule has 0 saturated heterocycles. The van der Waals surface area contributed by atoms with E-state index in [1.807, 2.05) is 0 Å². The summed E-state index contributed by atoms with van der Waals surface area (Å²) in [5.41, 5.74) is 0.965. The average Bonchev–Trinajstić information content (AvgIpc) is 3.31. The van der Waals surface area contributed by atoms with E-state index < -0.39 is 23.4 Å². The van der Waals surface area contributed by atoms with Gasteiger partial charge in [0.15, 0.2) is 11.5 Å². The van der Waals surface area contributed by atoms with Gasteiger partial charge in [0.1, 0.15) is 17.3 Å². The van der Waals surface area contributed by atoms with Gasteiger partial charge in [0, 0.05) is 11.8 Å². The van der Waals surface area contributed by atoms with Crippen LogP contribution in [0.2, 0.25) is 0 Å². The molecule has 3 aromatic rings. The normalized spacial score (nSPS) is 15.1. The lowest BCUT2D eigenvalue weighted by Crippen LogP contribution is -2.32. The first-order valence-corrected chi connectivity index (χ1v) is 9.32. The molecule has 0 unspecified atom stereocenters. The highest BCUT2D eigenvalue weighted by atomic mass is 19.1. The van der Waals surface area contributed by atoms with Gasteiger partial charge in [-0.25, -0.2) is 13.7 Å². The third-order valence-electron chi connectivity index (χ3n) is 4.93. The van der Waals surface area contributed by atoms with Crippen LogP contribution in [0.4, 0.5) is 20.2 Å². The second-order valence-electron chi connectivity index (χ2n) is 6.88. The number of amides is 2. The Hall–Kier alpha value is -4.20. The van der Waals surface area contributed by atoms with Gasteiger partial charge in [-0.05, 0) is 48.0 Å². The zero-order chi connectivity index (χ0) is 21.5. The first-order valence-electron chi connectivity index (χ1n) is 9.32. The molecule has 31 heavy (non-hydrogen) atoms. The summed E-state index contributed by atoms with van der Waals surface area (Å²) in [6.45, 7) is 0.0904. The quantitative estimate of drug-likeness (QED) is 0.644. The minimum Gasteiger partial charge on any atom is -0.454 e. The molecule has 5 rings (SSSR count). The number of benzene rings is 3. The summed E-state index contributed by atoms with van der Waals surface area (Å²) in [7, 11) is 0. The van der Waals surface area contributed by atoms with Crippen LogP contribution in [0.15, 0.2) is 72.4 Å². The van der Waals surface area contributed by atoms with E-state index in [4.69, 9.17) is 9.47 Å². The van der Waals surface area contributed by atoms with Gasteiger partial charge < -0.3 is 14.8 Å². The first-order chi connectivity index (χ1) is 15.0. The highest BCUT2D eigenvalue weighted by Gasteiger charge is 2.40. The molecule has 0 fully saturated rings. The van der Waals surface area contributed by atoms with Crippen LogP contribution in [0, 0.1) is 11.6 Å². The van der Waals surface area contributed by atoms with Crippen molar-refractivity contribution in [3.8, 4) is 11.5 Å². The third-order valence-corrected chi connectivity index (χ3v) is 4.93. The maximum absolute atomic E-state index is 13.8. The number of carbonyl (C=O) groups is 2. The van der Waals surface area contributed by atoms with Crippen molar-refractivity contribution in [2.75, 3.05) is 17.0 Å². The van der Waals surface area contributed by atoms with Crippen LogP contribution in [0.5, 0.6) is 11.5 Å². The summed E-state index contributed by atoms with van der Waals surface area (Å²) >= 11 is 0. The Kier molecular flexibility index (Phi) is 4.39. The van der Waals surface area contributed by atoms with Crippen LogP contribution in [0.3, 0.4) is 0 Å². The van der Waals surface area contributed by atoms with E-state index in [9.17, 15) is 18.4 Å². The Labute approximate surface area is 175 Å². The molecule has 6 nitrogen and oxygen atoms in total. The van der Waals surface area contributed by atoms with E-state index in [1.165, 1.54) is 42.5 Å². The molecule has 2 heterocycles. The molecule has 3 aromatic carbocycles. The Morgan fingerprint density at radius 1 is 0.806 bits per heavy atom. The number of carbonyl (C=O) groups excluding carboxylic acids is 2. The molecule has 0 aromatic heterocycles. The molecule has 2 aliphatic rings. The summed E-state index contributed by atoms with van der Waals surface area (Å²) in [6.07, 6.45) is 0. The zero-order valence-electron chi connectivity index (χ0n) is 15.9. The zero-order valence-corrected chi connectivity index (χ0v) is 15.9. The van der Waals surface area contributed by atoms with Crippen LogP contribution < -0.4 is 19.7 Å². The van der Waals surface area contributed by atoms with Crippen LogP contribution >= 0.6 is 0 Å². The Balaban J connectivity index is 1.60. The van der Waals surface area contributed by atoms with E-state index >= 15 is 0 Å². The Morgan fingerprint density at radius 2 is 1.58 bits per heavy atom. The van der Waals surface area contributed by atoms with Gasteiger partial charge >= 0.3 is 0 Å². The van der Waals surface area contributed by atoms with Crippen molar-refractivity contribution < 1.29 is 27.8 Å². The van der Waals surface area contributed by atoms with Crippen molar-refractivity contribution in [1.82, 2.24) is 0 Å². The number of rotatable bonds is 4. The molecule has 8 heteroatoms. The summed E-state index contributed by atoms with van der Waals surface area (Å²) in [5.74, 6) is -1.31. The fourth-order valence-corrected chi connectivity index (χ4v) is 3.50. The third kappa shape index (κ3) is 3.28. The lowest BCUT2D eigenvalue weighted by molar-refractivity contribution is -0.120. The lowest BCUT2D eigenvalue weighted by Gasteiger charge is -2.15. The number of anilines is 2. The van der Waals surface area contributed by atoms with Gasteiger partial charge in [0.05, 0.1) is 11.3 Å². The average molecular weight is 420 g/mol. The number of halogens is 2. The summed E-state index contributed by atoms with van der Waals surface area (Å²) in [4.78, 5) is 27.4. The summed E-state index contributed by atoms with van der Waals surface area (Å²) in [6, 6.07) is 15.4. The van der Waals surface area contributed by atoms with Gasteiger partial charge in [0.25, 0.3) is 11.8 Å². The fourth-order valence-electron chi connectivity index (χ4n) is 3.50. The van der Waals surface area contributed by atoms with Crippen molar-refractivity contribution in [1.29, 1.82) is 0 Å². The molecule has 2 amide bonds. The van der Waals surface area contributed by atoms with E-state index in [1.54, 1.807) is 18.2 Å². The highest BCUT2D eigenvalue weighted by molar-refractivity contribution is 6.46. The second kappa shape index (κ2) is 7.24. The monoisotopic (exact) mass is 420 g/mol. The minimum atomic E-state index is -0.660. The summed E-state index contributed by atoms with van der Waals surface area (Å²) in [5, 5.41) is 2.97.